The summed E-state index contributed by atoms with van der Waals surface area (Å²) < 4.78 is 14.2. The molecule has 1 atom stereocenters. The number of carbonyl (C=O) groups is 1. The number of anilines is 1. The zero-order chi connectivity index (χ0) is 15.4. The molecule has 112 valence electrons. The van der Waals surface area contributed by atoms with Crippen molar-refractivity contribution < 1.29 is 9.18 Å². The first-order valence-electron chi connectivity index (χ1n) is 6.43. The second-order valence-electron chi connectivity index (χ2n) is 4.38. The van der Waals surface area contributed by atoms with Gasteiger partial charge in [0.15, 0.2) is 5.82 Å². The molecule has 0 radical (unpaired) electrons. The normalized spacial score (nSPS) is 12.1. The smallest absolute Gasteiger partial charge is 0.237 e. The molecule has 0 aliphatic heterocycles. The quantitative estimate of drug-likeness (QED) is 0.650. The minimum absolute atomic E-state index is 0.215. The minimum Gasteiger partial charge on any atom is -0.336 e. The third-order valence-corrected chi connectivity index (χ3v) is 3.87. The lowest BCUT2D eigenvalue weighted by molar-refractivity contribution is -0.115. The van der Waals surface area contributed by atoms with Crippen LogP contribution in [0, 0.1) is 5.82 Å². The zero-order valence-electron chi connectivity index (χ0n) is 11.7. The van der Waals surface area contributed by atoms with Gasteiger partial charge in [0, 0.05) is 12.1 Å². The van der Waals surface area contributed by atoms with Gasteiger partial charge in [-0.05, 0) is 31.2 Å². The van der Waals surface area contributed by atoms with E-state index in [-0.39, 0.29) is 11.7 Å². The third-order valence-electron chi connectivity index (χ3n) is 2.81. The molecule has 1 aromatic carbocycles. The summed E-state index contributed by atoms with van der Waals surface area (Å²) in [5.74, 6) is 5.92. The number of nitrogens with zero attached hydrogens (tertiary/aromatic N) is 3. The Balaban J connectivity index is 1.99. The van der Waals surface area contributed by atoms with Crippen molar-refractivity contribution in [1.82, 2.24) is 14.9 Å². The van der Waals surface area contributed by atoms with E-state index in [1.807, 2.05) is 6.92 Å². The molecule has 6 nitrogen and oxygen atoms in total. The molecule has 0 saturated carbocycles. The van der Waals surface area contributed by atoms with Crippen molar-refractivity contribution in [1.29, 1.82) is 0 Å². The second kappa shape index (κ2) is 6.57. The van der Waals surface area contributed by atoms with Crippen LogP contribution in [0.1, 0.15) is 19.7 Å². The fraction of sp³-hybridized carbons (Fsp3) is 0.308. The number of nitrogens with two attached hydrogens (primary N) is 1. The zero-order valence-corrected chi connectivity index (χ0v) is 12.5. The standard InChI is InChI=1S/C13H16FN5OS/c1-3-11-17-18-13(19(11)15)21-8(2)12(20)16-10-6-4-9(14)5-7-10/h4-8H,3,15H2,1-2H3,(H,16,20). The molecule has 1 amide bonds. The maximum atomic E-state index is 12.8. The Morgan fingerprint density at radius 2 is 2.10 bits per heavy atom. The summed E-state index contributed by atoms with van der Waals surface area (Å²) in [6.45, 7) is 3.66. The van der Waals surface area contributed by atoms with E-state index in [0.717, 1.165) is 0 Å². The summed E-state index contributed by atoms with van der Waals surface area (Å²) in [6, 6.07) is 5.59. The molecule has 8 heteroatoms. The van der Waals surface area contributed by atoms with Crippen LogP contribution in [0.15, 0.2) is 29.4 Å². The van der Waals surface area contributed by atoms with Gasteiger partial charge in [0.2, 0.25) is 11.1 Å². The van der Waals surface area contributed by atoms with Crippen molar-refractivity contribution >= 4 is 23.4 Å². The predicted molar refractivity (Wildman–Crippen MR) is 79.9 cm³/mol. The lowest BCUT2D eigenvalue weighted by Gasteiger charge is -2.11. The fourth-order valence-corrected chi connectivity index (χ4v) is 2.41. The topological polar surface area (TPSA) is 85.8 Å². The molecular formula is C13H16FN5OS. The van der Waals surface area contributed by atoms with Gasteiger partial charge in [-0.25, -0.2) is 9.07 Å². The van der Waals surface area contributed by atoms with Gasteiger partial charge in [-0.2, -0.15) is 0 Å². The molecule has 0 fully saturated rings. The number of rotatable bonds is 5. The number of carbonyl (C=O) groups excluding carboxylic acids is 1. The summed E-state index contributed by atoms with van der Waals surface area (Å²) >= 11 is 1.22. The van der Waals surface area contributed by atoms with Gasteiger partial charge in [0.1, 0.15) is 5.82 Å². The van der Waals surface area contributed by atoms with Gasteiger partial charge in [0.25, 0.3) is 0 Å². The molecule has 0 aliphatic carbocycles. The van der Waals surface area contributed by atoms with E-state index in [2.05, 4.69) is 15.5 Å². The number of nitrogen functional groups attached to an aromatic ring is 1. The number of thioether (sulfide) groups is 1. The molecule has 1 aromatic heterocycles. The van der Waals surface area contributed by atoms with E-state index in [0.29, 0.717) is 23.1 Å². The van der Waals surface area contributed by atoms with Crippen LogP contribution in [0.3, 0.4) is 0 Å². The monoisotopic (exact) mass is 309 g/mol. The van der Waals surface area contributed by atoms with E-state index in [1.165, 1.54) is 40.7 Å². The molecule has 0 saturated heterocycles. The number of amides is 1. The SMILES string of the molecule is CCc1nnc(SC(C)C(=O)Nc2ccc(F)cc2)n1N. The number of benzene rings is 1. The van der Waals surface area contributed by atoms with Crippen LogP contribution in [0.2, 0.25) is 0 Å². The third kappa shape index (κ3) is 3.72. The predicted octanol–water partition coefficient (Wildman–Crippen LogP) is 1.81. The molecular weight excluding hydrogens is 293 g/mol. The van der Waals surface area contributed by atoms with E-state index < -0.39 is 5.25 Å². The number of aromatic nitrogens is 3. The van der Waals surface area contributed by atoms with Gasteiger partial charge in [-0.3, -0.25) is 4.79 Å². The van der Waals surface area contributed by atoms with Crippen molar-refractivity contribution in [3.63, 3.8) is 0 Å². The summed E-state index contributed by atoms with van der Waals surface area (Å²) in [5, 5.41) is 10.7. The highest BCUT2D eigenvalue weighted by Gasteiger charge is 2.19. The minimum atomic E-state index is -0.411. The number of hydrogen-bond acceptors (Lipinski definition) is 5. The highest BCUT2D eigenvalue weighted by molar-refractivity contribution is 8.00. The van der Waals surface area contributed by atoms with Gasteiger partial charge in [-0.1, -0.05) is 18.7 Å². The van der Waals surface area contributed by atoms with Gasteiger partial charge in [-0.15, -0.1) is 10.2 Å². The van der Waals surface area contributed by atoms with Crippen LogP contribution >= 0.6 is 11.8 Å². The molecule has 0 bridgehead atoms. The average molecular weight is 309 g/mol. The molecule has 0 aliphatic rings. The van der Waals surface area contributed by atoms with Crippen LogP contribution in [-0.4, -0.2) is 26.0 Å². The van der Waals surface area contributed by atoms with Gasteiger partial charge in [0.05, 0.1) is 5.25 Å². The lowest BCUT2D eigenvalue weighted by Crippen LogP contribution is -2.23. The first-order valence-corrected chi connectivity index (χ1v) is 7.31. The van der Waals surface area contributed by atoms with Crippen LogP contribution in [0.25, 0.3) is 0 Å². The Morgan fingerprint density at radius 1 is 1.43 bits per heavy atom. The summed E-state index contributed by atoms with van der Waals surface area (Å²) in [5.41, 5.74) is 0.539. The average Bonchev–Trinajstić information content (AvgIpc) is 2.82. The van der Waals surface area contributed by atoms with Crippen LogP contribution < -0.4 is 11.2 Å². The van der Waals surface area contributed by atoms with E-state index in [1.54, 1.807) is 6.92 Å². The van der Waals surface area contributed by atoms with Crippen LogP contribution in [0.4, 0.5) is 10.1 Å². The number of aryl methyl sites for hydroxylation is 1. The Bertz CT molecular complexity index is 628. The maximum absolute atomic E-state index is 12.8. The molecule has 2 rings (SSSR count). The van der Waals surface area contributed by atoms with Crippen molar-refractivity contribution in [3.05, 3.63) is 35.9 Å². The van der Waals surface area contributed by atoms with Crippen LogP contribution in [-0.2, 0) is 11.2 Å². The first kappa shape index (κ1) is 15.3. The number of nitrogens with one attached hydrogen (secondary N) is 1. The summed E-state index contributed by atoms with van der Waals surface area (Å²) in [4.78, 5) is 12.1. The fourth-order valence-electron chi connectivity index (χ4n) is 1.62. The molecule has 2 aromatic rings. The molecule has 21 heavy (non-hydrogen) atoms. The highest BCUT2D eigenvalue weighted by atomic mass is 32.2. The highest BCUT2D eigenvalue weighted by Crippen LogP contribution is 2.22. The molecule has 1 unspecified atom stereocenters. The van der Waals surface area contributed by atoms with Crippen LogP contribution in [0.5, 0.6) is 0 Å². The largest absolute Gasteiger partial charge is 0.336 e. The maximum Gasteiger partial charge on any atom is 0.237 e. The molecule has 0 spiro atoms. The Kier molecular flexibility index (Phi) is 4.79. The molecule has 3 N–H and O–H groups in total. The van der Waals surface area contributed by atoms with Crippen molar-refractivity contribution in [3.8, 4) is 0 Å². The second-order valence-corrected chi connectivity index (χ2v) is 5.69. The number of hydrogen-bond donors (Lipinski definition) is 2. The number of halogens is 1. The molecule has 1 heterocycles. The lowest BCUT2D eigenvalue weighted by atomic mass is 10.3. The van der Waals surface area contributed by atoms with Crippen molar-refractivity contribution in [2.75, 3.05) is 11.2 Å². The van der Waals surface area contributed by atoms with Gasteiger partial charge < -0.3 is 11.2 Å². The van der Waals surface area contributed by atoms with Gasteiger partial charge >= 0.3 is 0 Å². The van der Waals surface area contributed by atoms with E-state index in [4.69, 9.17) is 5.84 Å². The Labute approximate surface area is 125 Å². The van der Waals surface area contributed by atoms with E-state index in [9.17, 15) is 9.18 Å². The van der Waals surface area contributed by atoms with Crippen molar-refractivity contribution in [2.45, 2.75) is 30.7 Å². The Morgan fingerprint density at radius 3 is 2.67 bits per heavy atom. The first-order chi connectivity index (χ1) is 10.0. The Hall–Kier alpha value is -2.09. The summed E-state index contributed by atoms with van der Waals surface area (Å²) in [6.07, 6.45) is 0.667. The summed E-state index contributed by atoms with van der Waals surface area (Å²) in [7, 11) is 0. The van der Waals surface area contributed by atoms with Crippen molar-refractivity contribution in [2.24, 2.45) is 0 Å². The van der Waals surface area contributed by atoms with E-state index >= 15 is 0 Å².